The monoisotopic (exact) mass is 315 g/mol. The van der Waals surface area contributed by atoms with Gasteiger partial charge in [0.25, 0.3) is 0 Å². The highest BCUT2D eigenvalue weighted by atomic mass is 79.9. The third-order valence-corrected chi connectivity index (χ3v) is 4.13. The largest absolute Gasteiger partial charge is 0.496 e. The van der Waals surface area contributed by atoms with Crippen molar-refractivity contribution in [2.75, 3.05) is 13.7 Å². The molecule has 0 aliphatic carbocycles. The molecular formula is C14H19BrFNO. The van der Waals surface area contributed by atoms with E-state index in [9.17, 15) is 4.39 Å². The van der Waals surface area contributed by atoms with Crippen LogP contribution in [0.4, 0.5) is 4.39 Å². The van der Waals surface area contributed by atoms with Gasteiger partial charge in [-0.25, -0.2) is 4.39 Å². The minimum Gasteiger partial charge on any atom is -0.496 e. The molecule has 1 aromatic rings. The Balaban J connectivity index is 2.25. The first kappa shape index (κ1) is 13.8. The molecule has 1 atom stereocenters. The van der Waals surface area contributed by atoms with Gasteiger partial charge in [0.2, 0.25) is 0 Å². The van der Waals surface area contributed by atoms with Crippen molar-refractivity contribution in [1.82, 2.24) is 5.32 Å². The van der Waals surface area contributed by atoms with Crippen LogP contribution in [0.3, 0.4) is 0 Å². The van der Waals surface area contributed by atoms with Crippen LogP contribution in [-0.2, 0) is 6.42 Å². The second-order valence-corrected chi connectivity index (χ2v) is 5.70. The quantitative estimate of drug-likeness (QED) is 0.920. The Kier molecular flexibility index (Phi) is 4.62. The summed E-state index contributed by atoms with van der Waals surface area (Å²) in [6.45, 7) is 2.84. The standard InChI is InChI=1S/C14H19BrFNO/c1-9-13(16)12(15)8-10(14(9)18-2)7-11-5-3-4-6-17-11/h8,11,17H,3-7H2,1-2H3. The number of rotatable bonds is 3. The molecule has 1 fully saturated rings. The zero-order valence-electron chi connectivity index (χ0n) is 10.9. The average Bonchev–Trinajstić information content (AvgIpc) is 2.38. The first-order chi connectivity index (χ1) is 8.63. The van der Waals surface area contributed by atoms with E-state index in [-0.39, 0.29) is 5.82 Å². The molecule has 0 amide bonds. The summed E-state index contributed by atoms with van der Waals surface area (Å²) in [6.07, 6.45) is 4.58. The van der Waals surface area contributed by atoms with Crippen LogP contribution in [0.1, 0.15) is 30.4 Å². The minimum atomic E-state index is -0.229. The predicted octanol–water partition coefficient (Wildman–Crippen LogP) is 3.59. The number of hydrogen-bond donors (Lipinski definition) is 1. The molecule has 0 aromatic heterocycles. The molecule has 1 N–H and O–H groups in total. The molecule has 1 aliphatic rings. The Bertz CT molecular complexity index is 430. The Morgan fingerprint density at radius 1 is 1.50 bits per heavy atom. The van der Waals surface area contributed by atoms with Crippen molar-refractivity contribution < 1.29 is 9.13 Å². The van der Waals surface area contributed by atoms with Crippen molar-refractivity contribution in [3.63, 3.8) is 0 Å². The maximum absolute atomic E-state index is 13.8. The second kappa shape index (κ2) is 6.02. The fourth-order valence-corrected chi connectivity index (χ4v) is 3.17. The fraction of sp³-hybridized carbons (Fsp3) is 0.571. The van der Waals surface area contributed by atoms with Crippen molar-refractivity contribution in [3.05, 3.63) is 27.5 Å². The predicted molar refractivity (Wildman–Crippen MR) is 74.7 cm³/mol. The van der Waals surface area contributed by atoms with Gasteiger partial charge in [0.15, 0.2) is 0 Å². The summed E-state index contributed by atoms with van der Waals surface area (Å²) in [7, 11) is 1.60. The topological polar surface area (TPSA) is 21.3 Å². The van der Waals surface area contributed by atoms with Crippen molar-refractivity contribution in [3.8, 4) is 5.75 Å². The van der Waals surface area contributed by atoms with Gasteiger partial charge in [-0.05, 0) is 60.3 Å². The normalized spacial score (nSPS) is 19.9. The third-order valence-electron chi connectivity index (χ3n) is 3.55. The van der Waals surface area contributed by atoms with Crippen molar-refractivity contribution >= 4 is 15.9 Å². The summed E-state index contributed by atoms with van der Waals surface area (Å²) in [5.41, 5.74) is 1.65. The van der Waals surface area contributed by atoms with Crippen molar-refractivity contribution in [2.45, 2.75) is 38.6 Å². The van der Waals surface area contributed by atoms with Gasteiger partial charge in [0.05, 0.1) is 11.6 Å². The maximum Gasteiger partial charge on any atom is 0.143 e. The molecule has 1 heterocycles. The van der Waals surface area contributed by atoms with Crippen LogP contribution in [0.25, 0.3) is 0 Å². The molecule has 2 nitrogen and oxygen atoms in total. The molecule has 1 saturated heterocycles. The van der Waals surface area contributed by atoms with Gasteiger partial charge in [-0.2, -0.15) is 0 Å². The van der Waals surface area contributed by atoms with Crippen molar-refractivity contribution in [1.29, 1.82) is 0 Å². The zero-order valence-corrected chi connectivity index (χ0v) is 12.4. The van der Waals surface area contributed by atoms with Crippen molar-refractivity contribution in [2.24, 2.45) is 0 Å². The lowest BCUT2D eigenvalue weighted by atomic mass is 9.96. The van der Waals surface area contributed by atoms with E-state index < -0.39 is 0 Å². The molecule has 18 heavy (non-hydrogen) atoms. The molecule has 1 aliphatic heterocycles. The van der Waals surface area contributed by atoms with Gasteiger partial charge in [-0.15, -0.1) is 0 Å². The highest BCUT2D eigenvalue weighted by Gasteiger charge is 2.19. The molecule has 1 aromatic carbocycles. The molecule has 1 unspecified atom stereocenters. The number of piperidine rings is 1. The number of halogens is 2. The number of ether oxygens (including phenoxy) is 1. The number of benzene rings is 1. The Hall–Kier alpha value is -0.610. The van der Waals surface area contributed by atoms with Gasteiger partial charge in [-0.3, -0.25) is 0 Å². The summed E-state index contributed by atoms with van der Waals surface area (Å²) in [6, 6.07) is 2.32. The van der Waals surface area contributed by atoms with Crippen LogP contribution >= 0.6 is 15.9 Å². The van der Waals surface area contributed by atoms with E-state index in [0.717, 1.165) is 18.5 Å². The second-order valence-electron chi connectivity index (χ2n) is 4.84. The van der Waals surface area contributed by atoms with E-state index in [1.807, 2.05) is 6.07 Å². The van der Waals surface area contributed by atoms with E-state index >= 15 is 0 Å². The van der Waals surface area contributed by atoms with Gasteiger partial charge < -0.3 is 10.1 Å². The first-order valence-electron chi connectivity index (χ1n) is 6.38. The number of nitrogens with one attached hydrogen (secondary N) is 1. The summed E-state index contributed by atoms with van der Waals surface area (Å²) in [5.74, 6) is 0.454. The van der Waals surface area contributed by atoms with E-state index in [4.69, 9.17) is 4.74 Å². The van der Waals surface area contributed by atoms with E-state index in [1.54, 1.807) is 14.0 Å². The lowest BCUT2D eigenvalue weighted by Crippen LogP contribution is -2.35. The van der Waals surface area contributed by atoms with Crippen LogP contribution in [0.15, 0.2) is 10.5 Å². The summed E-state index contributed by atoms with van der Waals surface area (Å²) >= 11 is 3.27. The molecule has 0 spiro atoms. The van der Waals surface area contributed by atoms with Crippen LogP contribution < -0.4 is 10.1 Å². The van der Waals surface area contributed by atoms with Crippen LogP contribution in [0.5, 0.6) is 5.75 Å². The van der Waals surface area contributed by atoms with Gasteiger partial charge in [0, 0.05) is 11.6 Å². The highest BCUT2D eigenvalue weighted by molar-refractivity contribution is 9.10. The molecule has 100 valence electrons. The Labute approximate surface area is 116 Å². The minimum absolute atomic E-state index is 0.229. The smallest absolute Gasteiger partial charge is 0.143 e. The molecular weight excluding hydrogens is 297 g/mol. The molecule has 0 radical (unpaired) electrons. The molecule has 0 bridgehead atoms. The van der Waals surface area contributed by atoms with E-state index in [2.05, 4.69) is 21.2 Å². The summed E-state index contributed by atoms with van der Waals surface area (Å²) in [5, 5.41) is 3.51. The van der Waals surface area contributed by atoms with E-state index in [0.29, 0.717) is 21.8 Å². The van der Waals surface area contributed by atoms with Gasteiger partial charge in [-0.1, -0.05) is 6.42 Å². The lowest BCUT2D eigenvalue weighted by Gasteiger charge is -2.24. The van der Waals surface area contributed by atoms with Gasteiger partial charge in [0.1, 0.15) is 11.6 Å². The third kappa shape index (κ3) is 2.86. The zero-order chi connectivity index (χ0) is 13.1. The van der Waals surface area contributed by atoms with Crippen LogP contribution in [0, 0.1) is 12.7 Å². The fourth-order valence-electron chi connectivity index (χ4n) is 2.60. The molecule has 2 rings (SSSR count). The molecule has 4 heteroatoms. The van der Waals surface area contributed by atoms with Crippen LogP contribution in [-0.4, -0.2) is 19.7 Å². The first-order valence-corrected chi connectivity index (χ1v) is 7.17. The maximum atomic E-state index is 13.8. The lowest BCUT2D eigenvalue weighted by molar-refractivity contribution is 0.377. The summed E-state index contributed by atoms with van der Waals surface area (Å²) in [4.78, 5) is 0. The average molecular weight is 316 g/mol. The SMILES string of the molecule is COc1c(CC2CCCCN2)cc(Br)c(F)c1C. The Morgan fingerprint density at radius 2 is 2.28 bits per heavy atom. The summed E-state index contributed by atoms with van der Waals surface area (Å²) < 4.78 is 19.7. The Morgan fingerprint density at radius 3 is 2.89 bits per heavy atom. The highest BCUT2D eigenvalue weighted by Crippen LogP contribution is 2.32. The number of hydrogen-bond acceptors (Lipinski definition) is 2. The van der Waals surface area contributed by atoms with E-state index in [1.165, 1.54) is 19.3 Å². The molecule has 0 saturated carbocycles. The van der Waals surface area contributed by atoms with Gasteiger partial charge >= 0.3 is 0 Å². The number of methoxy groups -OCH3 is 1. The van der Waals surface area contributed by atoms with Crippen LogP contribution in [0.2, 0.25) is 0 Å².